The quantitative estimate of drug-likeness (QED) is 0.798. The van der Waals surface area contributed by atoms with Crippen molar-refractivity contribution >= 4 is 5.91 Å². The van der Waals surface area contributed by atoms with Crippen LogP contribution in [0.4, 0.5) is 0 Å². The summed E-state index contributed by atoms with van der Waals surface area (Å²) in [5.41, 5.74) is 1.03. The summed E-state index contributed by atoms with van der Waals surface area (Å²) >= 11 is 0. The third-order valence-corrected chi connectivity index (χ3v) is 5.63. The Morgan fingerprint density at radius 2 is 1.83 bits per heavy atom. The van der Waals surface area contributed by atoms with Gasteiger partial charge in [0.15, 0.2) is 0 Å². The average molecular weight is 327 g/mol. The molecule has 24 heavy (non-hydrogen) atoms. The van der Waals surface area contributed by atoms with E-state index in [0.29, 0.717) is 17.7 Å². The summed E-state index contributed by atoms with van der Waals surface area (Å²) in [7, 11) is 0. The number of amides is 1. The number of carbonyl (C=O) groups excluding carboxylic acids is 1. The third kappa shape index (κ3) is 3.30. The molecule has 4 rings (SSSR count). The zero-order valence-electron chi connectivity index (χ0n) is 14.1. The first-order valence-electron chi connectivity index (χ1n) is 9.21. The molecule has 0 spiro atoms. The molecule has 5 nitrogen and oxygen atoms in total. The third-order valence-electron chi connectivity index (χ3n) is 5.63. The van der Waals surface area contributed by atoms with Gasteiger partial charge in [-0.15, -0.1) is 0 Å². The van der Waals surface area contributed by atoms with E-state index in [-0.39, 0.29) is 11.5 Å². The van der Waals surface area contributed by atoms with Gasteiger partial charge < -0.3 is 4.90 Å². The molecule has 0 atom stereocenters. The van der Waals surface area contributed by atoms with Crippen LogP contribution in [0.25, 0.3) is 0 Å². The van der Waals surface area contributed by atoms with Crippen LogP contribution < -0.4 is 5.56 Å². The van der Waals surface area contributed by atoms with Gasteiger partial charge in [-0.25, -0.2) is 4.98 Å². The fourth-order valence-electron chi connectivity index (χ4n) is 3.87. The second-order valence-electron chi connectivity index (χ2n) is 7.49. The summed E-state index contributed by atoms with van der Waals surface area (Å²) in [6.45, 7) is 2.37. The van der Waals surface area contributed by atoms with Crippen LogP contribution in [-0.2, 0) is 11.3 Å². The van der Waals surface area contributed by atoms with Crippen LogP contribution in [0.2, 0.25) is 0 Å². The van der Waals surface area contributed by atoms with Crippen molar-refractivity contribution in [3.05, 3.63) is 40.6 Å². The van der Waals surface area contributed by atoms with Crippen LogP contribution in [0, 0.1) is 11.8 Å². The largest absolute Gasteiger partial charge is 0.342 e. The fourth-order valence-corrected chi connectivity index (χ4v) is 3.87. The van der Waals surface area contributed by atoms with Crippen LogP contribution in [0.1, 0.15) is 50.1 Å². The number of hydrogen-bond donors (Lipinski definition) is 0. The van der Waals surface area contributed by atoms with Crippen molar-refractivity contribution in [2.75, 3.05) is 13.1 Å². The maximum Gasteiger partial charge on any atom is 0.253 e. The molecule has 2 heterocycles. The molecular formula is C19H25N3O2. The molecule has 5 heteroatoms. The summed E-state index contributed by atoms with van der Waals surface area (Å²) in [5.74, 6) is 1.46. The zero-order chi connectivity index (χ0) is 16.5. The van der Waals surface area contributed by atoms with Crippen LogP contribution in [0.5, 0.6) is 0 Å². The number of rotatable bonds is 4. The topological polar surface area (TPSA) is 55.2 Å². The Bertz CT molecular complexity index is 689. The van der Waals surface area contributed by atoms with E-state index in [1.54, 1.807) is 17.0 Å². The van der Waals surface area contributed by atoms with E-state index < -0.39 is 0 Å². The van der Waals surface area contributed by atoms with E-state index in [0.717, 1.165) is 51.0 Å². The lowest BCUT2D eigenvalue weighted by Gasteiger charge is -2.33. The van der Waals surface area contributed by atoms with Gasteiger partial charge in [0.1, 0.15) is 0 Å². The molecule has 2 fully saturated rings. The molecule has 1 amide bonds. The first-order valence-corrected chi connectivity index (χ1v) is 9.21. The van der Waals surface area contributed by atoms with E-state index in [1.165, 1.54) is 12.8 Å². The predicted octanol–water partition coefficient (Wildman–Crippen LogP) is 2.33. The second kappa shape index (κ2) is 6.54. The summed E-state index contributed by atoms with van der Waals surface area (Å²) in [6, 6.07) is 1.71. The standard InChI is InChI=1S/C19H25N3O2/c23-18-11-17(15-5-6-15)20-13-22(18)12-14-7-9-21(10-8-14)19(24)16-3-1-2-4-16/h1-2,11,13-16H,3-10,12H2. The maximum atomic E-state index is 12.4. The Labute approximate surface area is 142 Å². The summed E-state index contributed by atoms with van der Waals surface area (Å²) < 4.78 is 1.74. The first kappa shape index (κ1) is 15.6. The van der Waals surface area contributed by atoms with E-state index in [1.807, 2.05) is 4.90 Å². The lowest BCUT2D eigenvalue weighted by atomic mass is 9.95. The van der Waals surface area contributed by atoms with Crippen molar-refractivity contribution in [1.29, 1.82) is 0 Å². The highest BCUT2D eigenvalue weighted by atomic mass is 16.2. The van der Waals surface area contributed by atoms with Crippen molar-refractivity contribution in [3.8, 4) is 0 Å². The van der Waals surface area contributed by atoms with E-state index >= 15 is 0 Å². The zero-order valence-corrected chi connectivity index (χ0v) is 14.1. The van der Waals surface area contributed by atoms with Gasteiger partial charge in [-0.1, -0.05) is 12.2 Å². The lowest BCUT2D eigenvalue weighted by Crippen LogP contribution is -2.42. The number of aromatic nitrogens is 2. The Hall–Kier alpha value is -1.91. The minimum Gasteiger partial charge on any atom is -0.342 e. The Balaban J connectivity index is 1.31. The van der Waals surface area contributed by atoms with Gasteiger partial charge in [0, 0.05) is 37.5 Å². The van der Waals surface area contributed by atoms with Crippen LogP contribution in [0.3, 0.4) is 0 Å². The highest BCUT2D eigenvalue weighted by molar-refractivity contribution is 5.79. The minimum atomic E-state index is 0.0717. The van der Waals surface area contributed by atoms with E-state index in [2.05, 4.69) is 17.1 Å². The number of piperidine rings is 1. The van der Waals surface area contributed by atoms with Gasteiger partial charge in [0.25, 0.3) is 5.56 Å². The SMILES string of the molecule is O=C(C1CC=CC1)N1CCC(Cn2cnc(C3CC3)cc2=O)CC1. The highest BCUT2D eigenvalue weighted by Gasteiger charge is 2.29. The van der Waals surface area contributed by atoms with Crippen LogP contribution >= 0.6 is 0 Å². The lowest BCUT2D eigenvalue weighted by molar-refractivity contribution is -0.136. The van der Waals surface area contributed by atoms with Gasteiger partial charge in [-0.3, -0.25) is 14.2 Å². The molecule has 1 aromatic heterocycles. The van der Waals surface area contributed by atoms with Crippen molar-refractivity contribution in [2.45, 2.75) is 51.0 Å². The van der Waals surface area contributed by atoms with Crippen molar-refractivity contribution in [2.24, 2.45) is 11.8 Å². The molecule has 0 unspecified atom stereocenters. The van der Waals surface area contributed by atoms with Crippen molar-refractivity contribution < 1.29 is 4.79 Å². The van der Waals surface area contributed by atoms with E-state index in [9.17, 15) is 9.59 Å². The Morgan fingerprint density at radius 3 is 2.46 bits per heavy atom. The molecule has 1 aliphatic heterocycles. The van der Waals surface area contributed by atoms with Crippen molar-refractivity contribution in [3.63, 3.8) is 0 Å². The smallest absolute Gasteiger partial charge is 0.253 e. The monoisotopic (exact) mass is 327 g/mol. The molecule has 0 aromatic carbocycles. The molecule has 1 saturated heterocycles. The highest BCUT2D eigenvalue weighted by Crippen LogP contribution is 2.38. The molecule has 2 aliphatic carbocycles. The second-order valence-corrected chi connectivity index (χ2v) is 7.49. The Morgan fingerprint density at radius 1 is 1.12 bits per heavy atom. The first-order chi connectivity index (χ1) is 11.7. The summed E-state index contributed by atoms with van der Waals surface area (Å²) in [6.07, 6.45) is 12.0. The van der Waals surface area contributed by atoms with E-state index in [4.69, 9.17) is 0 Å². The molecule has 128 valence electrons. The van der Waals surface area contributed by atoms with Gasteiger partial charge >= 0.3 is 0 Å². The normalized spacial score (nSPS) is 22.2. The molecule has 0 bridgehead atoms. The Kier molecular flexibility index (Phi) is 4.25. The molecule has 1 aromatic rings. The molecular weight excluding hydrogens is 302 g/mol. The number of allylic oxidation sites excluding steroid dienone is 2. The number of nitrogens with zero attached hydrogens (tertiary/aromatic N) is 3. The molecule has 3 aliphatic rings. The van der Waals surface area contributed by atoms with Crippen molar-refractivity contribution in [1.82, 2.24) is 14.5 Å². The fraction of sp³-hybridized carbons (Fsp3) is 0.632. The van der Waals surface area contributed by atoms with Gasteiger partial charge in [-0.05, 0) is 44.4 Å². The molecule has 0 radical (unpaired) electrons. The molecule has 0 N–H and O–H groups in total. The number of carbonyl (C=O) groups is 1. The van der Waals surface area contributed by atoms with Crippen LogP contribution in [0.15, 0.2) is 29.3 Å². The van der Waals surface area contributed by atoms with Gasteiger partial charge in [-0.2, -0.15) is 0 Å². The number of likely N-dealkylation sites (tertiary alicyclic amines) is 1. The summed E-state index contributed by atoms with van der Waals surface area (Å²) in [5, 5.41) is 0. The van der Waals surface area contributed by atoms with Crippen LogP contribution in [-0.4, -0.2) is 33.4 Å². The molecule has 1 saturated carbocycles. The average Bonchev–Trinajstić information content (AvgIpc) is 3.31. The van der Waals surface area contributed by atoms with Gasteiger partial charge in [0.05, 0.1) is 12.0 Å². The summed E-state index contributed by atoms with van der Waals surface area (Å²) in [4.78, 5) is 31.2. The number of hydrogen-bond acceptors (Lipinski definition) is 3. The predicted molar refractivity (Wildman–Crippen MR) is 91.6 cm³/mol. The van der Waals surface area contributed by atoms with Gasteiger partial charge in [0.2, 0.25) is 5.91 Å². The minimum absolute atomic E-state index is 0.0717. The maximum absolute atomic E-state index is 12.4.